The average molecular weight is 1400 g/mol. The lowest BCUT2D eigenvalue weighted by Crippen LogP contribution is -2.30. The van der Waals surface area contributed by atoms with E-state index in [4.69, 9.17) is 37.0 Å². The Hall–Kier alpha value is -1.94. The van der Waals surface area contributed by atoms with Crippen molar-refractivity contribution in [2.45, 2.75) is 407 Å². The van der Waals surface area contributed by atoms with Gasteiger partial charge in [-0.1, -0.05) is 337 Å². The molecule has 0 rings (SSSR count). The summed E-state index contributed by atoms with van der Waals surface area (Å²) in [6.07, 6.45) is 52.5. The van der Waals surface area contributed by atoms with Gasteiger partial charge in [-0.15, -0.1) is 0 Å². The Morgan fingerprint density at radius 3 is 0.716 bits per heavy atom. The number of phosphoric acid groups is 2. The molecule has 2 unspecified atom stereocenters. The zero-order chi connectivity index (χ0) is 70.1. The molecule has 0 fully saturated rings. The minimum atomic E-state index is -4.96. The summed E-state index contributed by atoms with van der Waals surface area (Å²) in [4.78, 5) is 72.9. The van der Waals surface area contributed by atoms with Crippen LogP contribution in [0.5, 0.6) is 0 Å². The molecular weight excluding hydrogens is 1250 g/mol. The van der Waals surface area contributed by atoms with Gasteiger partial charge < -0.3 is 33.8 Å². The molecule has 0 spiro atoms. The summed E-state index contributed by atoms with van der Waals surface area (Å²) in [6, 6.07) is 0. The molecule has 0 aromatic heterocycles. The van der Waals surface area contributed by atoms with E-state index in [-0.39, 0.29) is 25.7 Å². The molecule has 0 radical (unpaired) electrons. The number of carbonyl (C=O) groups is 4. The number of aliphatic hydroxyl groups excluding tert-OH is 1. The van der Waals surface area contributed by atoms with Crippen LogP contribution in [0.4, 0.5) is 0 Å². The van der Waals surface area contributed by atoms with E-state index < -0.39 is 97.5 Å². The molecule has 0 saturated heterocycles. The topological polar surface area (TPSA) is 237 Å². The zero-order valence-electron chi connectivity index (χ0n) is 62.1. The number of phosphoric ester groups is 2. The van der Waals surface area contributed by atoms with Crippen LogP contribution in [0.2, 0.25) is 0 Å². The van der Waals surface area contributed by atoms with E-state index in [1.165, 1.54) is 199 Å². The standard InChI is InChI=1S/C76H148O17P2/c1-8-9-10-11-12-13-14-15-22-29-36-43-50-57-73(78)86-63-71(92-75(80)59-52-45-38-31-24-17-20-27-34-41-48-55-68(4)5)65-90-94(82,83)88-61-70(77)62-89-95(84,85)91-66-72(93-76(81)60-53-46-39-32-25-18-21-28-35-42-49-56-69(6)7)64-87-74(79)58-51-44-37-30-23-16-19-26-33-40-47-54-67(2)3/h67-72,77H,8-66H2,1-7H3,(H,82,83)(H,84,85)/t70-,71+,72+/m0/s1. The highest BCUT2D eigenvalue weighted by Gasteiger charge is 2.30. The van der Waals surface area contributed by atoms with Crippen molar-refractivity contribution < 1.29 is 80.2 Å². The second kappa shape index (κ2) is 66.6. The van der Waals surface area contributed by atoms with Gasteiger partial charge in [-0.3, -0.25) is 37.3 Å². The maximum Gasteiger partial charge on any atom is 0.472 e. The molecule has 564 valence electrons. The smallest absolute Gasteiger partial charge is 0.462 e. The molecule has 5 atom stereocenters. The van der Waals surface area contributed by atoms with Crippen molar-refractivity contribution in [1.29, 1.82) is 0 Å². The van der Waals surface area contributed by atoms with Crippen LogP contribution in [0.15, 0.2) is 0 Å². The highest BCUT2D eigenvalue weighted by atomic mass is 31.2. The van der Waals surface area contributed by atoms with E-state index >= 15 is 0 Å². The third-order valence-electron chi connectivity index (χ3n) is 17.6. The van der Waals surface area contributed by atoms with Gasteiger partial charge in [-0.05, 0) is 43.4 Å². The number of ether oxygens (including phenoxy) is 4. The molecule has 0 aliphatic rings. The molecule has 95 heavy (non-hydrogen) atoms. The summed E-state index contributed by atoms with van der Waals surface area (Å²) in [6.45, 7) is 11.9. The Labute approximate surface area is 581 Å². The fourth-order valence-electron chi connectivity index (χ4n) is 11.6. The highest BCUT2D eigenvalue weighted by molar-refractivity contribution is 7.47. The lowest BCUT2D eigenvalue weighted by atomic mass is 10.0. The van der Waals surface area contributed by atoms with Crippen molar-refractivity contribution >= 4 is 39.5 Å². The summed E-state index contributed by atoms with van der Waals surface area (Å²) in [5.74, 6) is 0.186. The van der Waals surface area contributed by atoms with Crippen molar-refractivity contribution in [1.82, 2.24) is 0 Å². The van der Waals surface area contributed by atoms with Crippen LogP contribution in [0.1, 0.15) is 389 Å². The van der Waals surface area contributed by atoms with Gasteiger partial charge in [0, 0.05) is 25.7 Å². The minimum absolute atomic E-state index is 0.106. The number of hydrogen-bond acceptors (Lipinski definition) is 15. The summed E-state index contributed by atoms with van der Waals surface area (Å²) < 4.78 is 68.6. The first-order valence-corrected chi connectivity index (χ1v) is 42.3. The average Bonchev–Trinajstić information content (AvgIpc) is 1.75. The van der Waals surface area contributed by atoms with Crippen molar-refractivity contribution in [3.63, 3.8) is 0 Å². The van der Waals surface area contributed by atoms with E-state index in [1.54, 1.807) is 0 Å². The Kier molecular flexibility index (Phi) is 65.2. The van der Waals surface area contributed by atoms with Crippen molar-refractivity contribution in [2.24, 2.45) is 17.8 Å². The normalized spacial score (nSPS) is 14.1. The van der Waals surface area contributed by atoms with Gasteiger partial charge >= 0.3 is 39.5 Å². The third-order valence-corrected chi connectivity index (χ3v) is 19.5. The quantitative estimate of drug-likeness (QED) is 0.0222. The van der Waals surface area contributed by atoms with Crippen LogP contribution < -0.4 is 0 Å². The Bertz CT molecular complexity index is 1850. The summed E-state index contributed by atoms with van der Waals surface area (Å²) in [5, 5.41) is 10.6. The first kappa shape index (κ1) is 93.1. The van der Waals surface area contributed by atoms with Gasteiger partial charge in [0.2, 0.25) is 0 Å². The lowest BCUT2D eigenvalue weighted by molar-refractivity contribution is -0.161. The molecule has 0 amide bonds. The number of hydrogen-bond donors (Lipinski definition) is 3. The van der Waals surface area contributed by atoms with Crippen LogP contribution in [-0.2, 0) is 65.4 Å². The van der Waals surface area contributed by atoms with Gasteiger partial charge in [-0.2, -0.15) is 0 Å². The summed E-state index contributed by atoms with van der Waals surface area (Å²) in [5.41, 5.74) is 0. The van der Waals surface area contributed by atoms with Gasteiger partial charge in [0.25, 0.3) is 0 Å². The molecule has 0 aromatic rings. The number of carbonyl (C=O) groups excluding carboxylic acids is 4. The predicted molar refractivity (Wildman–Crippen MR) is 386 cm³/mol. The van der Waals surface area contributed by atoms with Crippen LogP contribution in [0.25, 0.3) is 0 Å². The first-order chi connectivity index (χ1) is 45.7. The van der Waals surface area contributed by atoms with E-state index in [1.807, 2.05) is 0 Å². The Morgan fingerprint density at radius 1 is 0.284 bits per heavy atom. The summed E-state index contributed by atoms with van der Waals surface area (Å²) in [7, 11) is -9.91. The molecule has 0 saturated carbocycles. The van der Waals surface area contributed by atoms with Gasteiger partial charge in [-0.25, -0.2) is 9.13 Å². The summed E-state index contributed by atoms with van der Waals surface area (Å²) >= 11 is 0. The fourth-order valence-corrected chi connectivity index (χ4v) is 13.2. The van der Waals surface area contributed by atoms with Crippen LogP contribution in [0.3, 0.4) is 0 Å². The van der Waals surface area contributed by atoms with Crippen molar-refractivity contribution in [3.8, 4) is 0 Å². The lowest BCUT2D eigenvalue weighted by Gasteiger charge is -2.21. The second-order valence-corrected chi connectivity index (χ2v) is 31.7. The predicted octanol–water partition coefficient (Wildman–Crippen LogP) is 22.2. The third kappa shape index (κ3) is 70.3. The van der Waals surface area contributed by atoms with E-state index in [0.29, 0.717) is 25.7 Å². The molecule has 3 N–H and O–H groups in total. The highest BCUT2D eigenvalue weighted by Crippen LogP contribution is 2.45. The molecule has 0 heterocycles. The van der Waals surface area contributed by atoms with E-state index in [0.717, 1.165) is 108 Å². The van der Waals surface area contributed by atoms with Crippen molar-refractivity contribution in [3.05, 3.63) is 0 Å². The van der Waals surface area contributed by atoms with Gasteiger partial charge in [0.05, 0.1) is 26.4 Å². The van der Waals surface area contributed by atoms with Crippen LogP contribution in [-0.4, -0.2) is 96.7 Å². The molecule has 0 bridgehead atoms. The van der Waals surface area contributed by atoms with Crippen LogP contribution >= 0.6 is 15.6 Å². The molecule has 17 nitrogen and oxygen atoms in total. The monoisotopic (exact) mass is 1400 g/mol. The Morgan fingerprint density at radius 2 is 0.484 bits per heavy atom. The number of rotatable bonds is 74. The van der Waals surface area contributed by atoms with Crippen molar-refractivity contribution in [2.75, 3.05) is 39.6 Å². The maximum absolute atomic E-state index is 13.1. The number of aliphatic hydroxyl groups is 1. The molecular formula is C76H148O17P2. The van der Waals surface area contributed by atoms with Gasteiger partial charge in [0.1, 0.15) is 19.3 Å². The van der Waals surface area contributed by atoms with E-state index in [9.17, 15) is 43.2 Å². The number of esters is 4. The Balaban J connectivity index is 5.27. The second-order valence-electron chi connectivity index (χ2n) is 28.8. The molecule has 0 aromatic carbocycles. The minimum Gasteiger partial charge on any atom is -0.462 e. The zero-order valence-corrected chi connectivity index (χ0v) is 63.9. The molecule has 0 aliphatic carbocycles. The van der Waals surface area contributed by atoms with E-state index in [2.05, 4.69) is 48.5 Å². The largest absolute Gasteiger partial charge is 0.472 e. The van der Waals surface area contributed by atoms with Crippen LogP contribution in [0, 0.1) is 17.8 Å². The number of unbranched alkanes of at least 4 members (excludes halogenated alkanes) is 42. The molecule has 19 heteroatoms. The first-order valence-electron chi connectivity index (χ1n) is 39.3. The molecule has 0 aliphatic heterocycles. The SMILES string of the molecule is CCCCCCCCCCCCCCCC(=O)OC[C@H](COP(=O)(O)OC[C@H](O)COP(=O)(O)OC[C@@H](COC(=O)CCCCCCCCCCCCCC(C)C)OC(=O)CCCCCCCCCCCCCC(C)C)OC(=O)CCCCCCCCCCCCCC(C)C. The maximum atomic E-state index is 13.1. The van der Waals surface area contributed by atoms with Gasteiger partial charge in [0.15, 0.2) is 12.2 Å². The fraction of sp³-hybridized carbons (Fsp3) is 0.947.